The number of nitrogens with one attached hydrogen (secondary N) is 2. The quantitative estimate of drug-likeness (QED) is 0.236. The molecule has 0 saturated heterocycles. The van der Waals surface area contributed by atoms with Crippen LogP contribution in [0.4, 0.5) is 9.80 Å². The zero-order chi connectivity index (χ0) is 25.0. The summed E-state index contributed by atoms with van der Waals surface area (Å²) in [7, 11) is 0. The number of nitrogens with zero attached hydrogens (tertiary/aromatic N) is 3. The Bertz CT molecular complexity index is 1230. The summed E-state index contributed by atoms with van der Waals surface area (Å²) in [5.41, 5.74) is 7.71. The zero-order valence-electron chi connectivity index (χ0n) is 19.7. The van der Waals surface area contributed by atoms with Crippen LogP contribution in [0, 0.1) is 6.92 Å². The molecule has 6 N–H and O–H groups in total. The molecule has 1 aromatic carbocycles. The Hall–Kier alpha value is -3.70. The lowest BCUT2D eigenvalue weighted by Crippen LogP contribution is -2.44. The predicted molar refractivity (Wildman–Crippen MR) is 132 cm³/mol. The molecule has 0 fully saturated rings. The number of ether oxygens (including phenoxy) is 1. The first-order valence-electron chi connectivity index (χ1n) is 10.6. The van der Waals surface area contributed by atoms with Crippen molar-refractivity contribution in [2.24, 2.45) is 11.6 Å². The number of hydrogen-bond acceptors (Lipinski definition) is 9. The summed E-state index contributed by atoms with van der Waals surface area (Å²) in [6, 6.07) is 10.7. The Balaban J connectivity index is 1.94. The summed E-state index contributed by atoms with van der Waals surface area (Å²) in [5, 5.41) is 7.81. The van der Waals surface area contributed by atoms with Gasteiger partial charge in [0.2, 0.25) is 0 Å². The van der Waals surface area contributed by atoms with Gasteiger partial charge in [-0.25, -0.2) is 10.6 Å². The van der Waals surface area contributed by atoms with Crippen molar-refractivity contribution in [2.45, 2.75) is 46.3 Å². The van der Waals surface area contributed by atoms with E-state index >= 15 is 0 Å². The monoisotopic (exact) mass is 483 g/mol. The molecule has 0 bridgehead atoms. The Morgan fingerprint density at radius 1 is 1.21 bits per heavy atom. The maximum atomic E-state index is 13.2. The number of amides is 2. The molecule has 0 spiro atoms. The van der Waals surface area contributed by atoms with Crippen LogP contribution in [0.5, 0.6) is 0 Å². The number of rotatable bonds is 6. The van der Waals surface area contributed by atoms with Crippen molar-refractivity contribution in [3.8, 4) is 0 Å². The van der Waals surface area contributed by atoms with Crippen LogP contribution in [0.3, 0.4) is 0 Å². The number of fused-ring (bicyclic) bond motifs is 1. The lowest BCUT2D eigenvalue weighted by atomic mass is 10.0. The fourth-order valence-electron chi connectivity index (χ4n) is 3.15. The Labute approximate surface area is 202 Å². The Morgan fingerprint density at radius 2 is 1.94 bits per heavy atom. The van der Waals surface area contributed by atoms with Crippen molar-refractivity contribution in [1.29, 1.82) is 0 Å². The van der Waals surface area contributed by atoms with E-state index in [0.29, 0.717) is 5.00 Å². The number of benzene rings is 1. The van der Waals surface area contributed by atoms with Gasteiger partial charge in [0.25, 0.3) is 5.91 Å². The largest absolute Gasteiger partial charge is 0.444 e. The summed E-state index contributed by atoms with van der Waals surface area (Å²) < 4.78 is 9.42. The number of nitrogens with two attached hydrogens (primary N) is 2. The SMILES string of the molecule is Cc1cc(NC(=O)/C(=C(/N)NC(=O)OC(C)(C)C)N(N)C(C)c2ccc3ncccc3c2)sn1. The van der Waals surface area contributed by atoms with Gasteiger partial charge in [0, 0.05) is 11.6 Å². The first-order valence-corrected chi connectivity index (χ1v) is 11.3. The third-order valence-corrected chi connectivity index (χ3v) is 5.55. The van der Waals surface area contributed by atoms with Crippen molar-refractivity contribution in [3.05, 3.63) is 65.4 Å². The van der Waals surface area contributed by atoms with Crippen LogP contribution >= 0.6 is 11.5 Å². The van der Waals surface area contributed by atoms with Crippen LogP contribution in [0.15, 0.2) is 54.1 Å². The molecule has 11 heteroatoms. The molecule has 1 unspecified atom stereocenters. The average Bonchev–Trinajstić information content (AvgIpc) is 3.15. The summed E-state index contributed by atoms with van der Waals surface area (Å²) in [4.78, 5) is 29.9. The lowest BCUT2D eigenvalue weighted by molar-refractivity contribution is -0.114. The molecule has 10 nitrogen and oxygen atoms in total. The van der Waals surface area contributed by atoms with E-state index in [2.05, 4.69) is 20.0 Å². The number of carbonyl (C=O) groups excluding carboxylic acids is 2. The first kappa shape index (κ1) is 24.9. The third-order valence-electron chi connectivity index (χ3n) is 4.76. The highest BCUT2D eigenvalue weighted by Gasteiger charge is 2.27. The normalized spacial score (nSPS) is 13.1. The molecule has 0 saturated carbocycles. The van der Waals surface area contributed by atoms with Gasteiger partial charge in [-0.05, 0) is 76.0 Å². The molecule has 0 aliphatic rings. The van der Waals surface area contributed by atoms with E-state index in [4.69, 9.17) is 16.3 Å². The van der Waals surface area contributed by atoms with Crippen LogP contribution in [-0.4, -0.2) is 32.0 Å². The van der Waals surface area contributed by atoms with Gasteiger partial charge >= 0.3 is 6.09 Å². The third kappa shape index (κ3) is 6.21. The second-order valence-electron chi connectivity index (χ2n) is 8.71. The summed E-state index contributed by atoms with van der Waals surface area (Å²) in [5.74, 6) is 5.57. The maximum Gasteiger partial charge on any atom is 0.413 e. The number of hydrazine groups is 1. The molecule has 34 heavy (non-hydrogen) atoms. The Morgan fingerprint density at radius 3 is 2.59 bits per heavy atom. The summed E-state index contributed by atoms with van der Waals surface area (Å²) in [6.45, 7) is 8.80. The van der Waals surface area contributed by atoms with Crippen molar-refractivity contribution >= 4 is 39.4 Å². The Kier molecular flexibility index (Phi) is 7.38. The molecule has 2 aromatic heterocycles. The molecule has 2 heterocycles. The molecule has 180 valence electrons. The highest BCUT2D eigenvalue weighted by Crippen LogP contribution is 2.26. The van der Waals surface area contributed by atoms with Crippen LogP contribution in [-0.2, 0) is 9.53 Å². The van der Waals surface area contributed by atoms with Gasteiger partial charge in [-0.15, -0.1) is 0 Å². The van der Waals surface area contributed by atoms with E-state index in [1.807, 2.05) is 44.2 Å². The average molecular weight is 484 g/mol. The lowest BCUT2D eigenvalue weighted by Gasteiger charge is -2.29. The smallest absolute Gasteiger partial charge is 0.413 e. The molecule has 3 rings (SSSR count). The van der Waals surface area contributed by atoms with Crippen LogP contribution < -0.4 is 22.2 Å². The van der Waals surface area contributed by atoms with Gasteiger partial charge in [-0.2, -0.15) is 4.37 Å². The molecule has 1 atom stereocenters. The van der Waals surface area contributed by atoms with Gasteiger partial charge < -0.3 is 15.8 Å². The van der Waals surface area contributed by atoms with Gasteiger partial charge in [0.05, 0.1) is 17.3 Å². The molecule has 0 aliphatic heterocycles. The van der Waals surface area contributed by atoms with Crippen LogP contribution in [0.2, 0.25) is 0 Å². The zero-order valence-corrected chi connectivity index (χ0v) is 20.6. The van der Waals surface area contributed by atoms with Crippen LogP contribution in [0.25, 0.3) is 10.9 Å². The number of carbonyl (C=O) groups is 2. The molecular formula is C23H29N7O3S. The first-order chi connectivity index (χ1) is 15.9. The number of pyridine rings is 1. The fraction of sp³-hybridized carbons (Fsp3) is 0.304. The van der Waals surface area contributed by atoms with Gasteiger partial charge in [-0.3, -0.25) is 20.1 Å². The number of aromatic nitrogens is 2. The molecule has 3 aromatic rings. The molecular weight excluding hydrogens is 454 g/mol. The second-order valence-corrected chi connectivity index (χ2v) is 9.52. The van der Waals surface area contributed by atoms with E-state index in [-0.39, 0.29) is 11.5 Å². The van der Waals surface area contributed by atoms with E-state index in [1.165, 1.54) is 5.01 Å². The van der Waals surface area contributed by atoms with E-state index < -0.39 is 23.6 Å². The minimum Gasteiger partial charge on any atom is -0.444 e. The summed E-state index contributed by atoms with van der Waals surface area (Å²) >= 11 is 1.12. The van der Waals surface area contributed by atoms with E-state index in [0.717, 1.165) is 33.7 Å². The predicted octanol–water partition coefficient (Wildman–Crippen LogP) is 3.53. The van der Waals surface area contributed by atoms with E-state index in [1.54, 1.807) is 33.0 Å². The number of anilines is 1. The van der Waals surface area contributed by atoms with Crippen molar-refractivity contribution in [3.63, 3.8) is 0 Å². The topological polar surface area (TPSA) is 148 Å². The number of alkyl carbamates (subject to hydrolysis) is 1. The molecule has 2 amide bonds. The number of aryl methyl sites for hydroxylation is 1. The van der Waals surface area contributed by atoms with Crippen molar-refractivity contribution < 1.29 is 14.3 Å². The van der Waals surface area contributed by atoms with Crippen LogP contribution in [0.1, 0.15) is 45.0 Å². The fourth-order valence-corrected chi connectivity index (χ4v) is 3.81. The minimum absolute atomic E-state index is 0.129. The number of hydrogen-bond donors (Lipinski definition) is 4. The second kappa shape index (κ2) is 10.1. The highest BCUT2D eigenvalue weighted by atomic mass is 32.1. The highest BCUT2D eigenvalue weighted by molar-refractivity contribution is 7.10. The molecule has 0 radical (unpaired) electrons. The van der Waals surface area contributed by atoms with Gasteiger partial charge in [0.15, 0.2) is 5.70 Å². The van der Waals surface area contributed by atoms with Crippen molar-refractivity contribution in [2.75, 3.05) is 5.32 Å². The minimum atomic E-state index is -0.804. The maximum absolute atomic E-state index is 13.2. The van der Waals surface area contributed by atoms with E-state index in [9.17, 15) is 9.59 Å². The van der Waals surface area contributed by atoms with Crippen molar-refractivity contribution in [1.82, 2.24) is 19.7 Å². The standard InChI is InChI=1S/C23H29N7O3S/c1-13-11-18(34-29-13)27-21(31)19(20(24)28-22(32)33-23(3,4)5)30(25)14(2)15-8-9-17-16(12-15)7-6-10-26-17/h6-12,14H,24-25H2,1-5H3,(H,27,31)(H,28,32)/b20-19+. The summed E-state index contributed by atoms with van der Waals surface area (Å²) in [6.07, 6.45) is 0.914. The van der Waals surface area contributed by atoms with Gasteiger partial charge in [-0.1, -0.05) is 12.1 Å². The van der Waals surface area contributed by atoms with Gasteiger partial charge in [0.1, 0.15) is 16.4 Å². The molecule has 0 aliphatic carbocycles.